The predicted molar refractivity (Wildman–Crippen MR) is 473 cm³/mol. The van der Waals surface area contributed by atoms with E-state index in [2.05, 4.69) is 47.9 Å². The maximum Gasteiger partial charge on any atom is 0.364 e. The minimum atomic E-state index is -2.55. The number of carbonyl (C=O) groups is 10. The molecule has 17 N–H and O–H groups in total. The molecule has 0 spiro atoms. The Hall–Kier alpha value is -9.15. The van der Waals surface area contributed by atoms with Crippen LogP contribution in [0.15, 0.2) is 127 Å². The smallest absolute Gasteiger partial charge is 0.364 e. The summed E-state index contributed by atoms with van der Waals surface area (Å²) in [5.41, 5.74) is 4.31. The number of benzene rings is 5. The zero-order valence-corrected chi connectivity index (χ0v) is 74.0. The fraction of sp³-hybridized carbons (Fsp3) is 0.545. The maximum atomic E-state index is 13.9. The van der Waals surface area contributed by atoms with Gasteiger partial charge in [-0.3, -0.25) is 33.6 Å². The van der Waals surface area contributed by atoms with Gasteiger partial charge >= 0.3 is 18.0 Å². The van der Waals surface area contributed by atoms with Gasteiger partial charge in [0.05, 0.1) is 133 Å². The lowest BCUT2D eigenvalue weighted by Crippen LogP contribution is -2.68. The second kappa shape index (κ2) is 53.9. The predicted octanol–water partition coefficient (Wildman–Crippen LogP) is 2.24. The van der Waals surface area contributed by atoms with E-state index < -0.39 is 146 Å². The van der Waals surface area contributed by atoms with E-state index in [0.717, 1.165) is 61.1 Å². The van der Waals surface area contributed by atoms with Crippen LogP contribution in [-0.4, -0.2) is 337 Å². The number of aliphatic hydroxyl groups excluding tert-OH is 6. The van der Waals surface area contributed by atoms with Crippen LogP contribution in [0.2, 0.25) is 0 Å². The van der Waals surface area contributed by atoms with E-state index >= 15 is 0 Å². The number of aliphatic carboxylic acids is 2. The first-order chi connectivity index (χ1) is 61.7. The van der Waals surface area contributed by atoms with Crippen LogP contribution in [0.5, 0.6) is 5.75 Å². The summed E-state index contributed by atoms with van der Waals surface area (Å²) >= 11 is 4.62. The summed E-state index contributed by atoms with van der Waals surface area (Å²) < 4.78 is 57.7. The molecule has 37 nitrogen and oxygen atoms in total. The number of rotatable bonds is 58. The van der Waals surface area contributed by atoms with Crippen molar-refractivity contribution in [3.63, 3.8) is 0 Å². The van der Waals surface area contributed by atoms with Gasteiger partial charge in [-0.15, -0.1) is 0 Å². The molecular formula is C88H119N9O28S3. The largest absolute Gasteiger partial charge is 0.490 e. The number of urea groups is 1. The molecule has 128 heavy (non-hydrogen) atoms. The summed E-state index contributed by atoms with van der Waals surface area (Å²) in [5.74, 6) is -9.52. The van der Waals surface area contributed by atoms with Gasteiger partial charge in [0.15, 0.2) is 0 Å². The van der Waals surface area contributed by atoms with Gasteiger partial charge in [-0.1, -0.05) is 91.3 Å². The van der Waals surface area contributed by atoms with Crippen molar-refractivity contribution in [2.45, 2.75) is 155 Å². The highest BCUT2D eigenvalue weighted by Gasteiger charge is 2.58. The highest BCUT2D eigenvalue weighted by Crippen LogP contribution is 2.37. The molecule has 5 aromatic carbocycles. The van der Waals surface area contributed by atoms with E-state index in [9.17, 15) is 88.8 Å². The first-order valence-corrected chi connectivity index (χ1v) is 46.0. The molecule has 4 aliphatic heterocycles. The summed E-state index contributed by atoms with van der Waals surface area (Å²) in [6.07, 6.45) is -12.1. The number of thioether (sulfide) groups is 3. The number of carbonyl (C=O) groups excluding carboxylic acids is 8. The van der Waals surface area contributed by atoms with Crippen molar-refractivity contribution in [3.05, 3.63) is 150 Å². The zero-order valence-electron chi connectivity index (χ0n) is 71.5. The average Bonchev–Trinajstić information content (AvgIpc) is 0.952. The molecule has 4 saturated heterocycles. The van der Waals surface area contributed by atoms with Crippen molar-refractivity contribution in [2.75, 3.05) is 147 Å². The minimum Gasteiger partial charge on any atom is -0.490 e. The molecule has 12 unspecified atom stereocenters. The Balaban J connectivity index is 0.690. The third kappa shape index (κ3) is 32.4. The SMILES string of the molecule is CC(=O)NC1C(O)CC(OCCCSCCNC(=O)c2ccc(C(=O)NCCSCCCOC3(C(=O)O)CC(O)C(NC(C)=O)C([C@H](O)[C@H](O)CNC(=O)c4ccc(-c5ccccc5)cc4)O3)cc2OCCOCCOCCOCCOCCOCCNC(=O)CCCCC2SCC3NC(=O)NC32)(C(=O)O)OC1[C@H](O)C(O)CNC(=O)c1ccc(-c2ccccc2)cc1. The molecule has 0 bridgehead atoms. The molecule has 4 heterocycles. The second-order valence-electron chi connectivity index (χ2n) is 30.7. The van der Waals surface area contributed by atoms with Crippen molar-refractivity contribution in [1.82, 2.24) is 47.9 Å². The third-order valence-corrected chi connectivity index (χ3v) is 24.8. The van der Waals surface area contributed by atoms with Crippen molar-refractivity contribution >= 4 is 94.6 Å². The van der Waals surface area contributed by atoms with E-state index in [-0.39, 0.29) is 124 Å². The molecule has 40 heteroatoms. The van der Waals surface area contributed by atoms with Gasteiger partial charge in [-0.2, -0.15) is 35.3 Å². The van der Waals surface area contributed by atoms with Crippen LogP contribution in [0.25, 0.3) is 22.3 Å². The van der Waals surface area contributed by atoms with Crippen LogP contribution in [-0.2, 0) is 66.6 Å². The van der Waals surface area contributed by atoms with Gasteiger partial charge in [-0.05, 0) is 102 Å². The molecule has 4 fully saturated rings. The van der Waals surface area contributed by atoms with Crippen molar-refractivity contribution in [2.24, 2.45) is 0 Å². The fourth-order valence-electron chi connectivity index (χ4n) is 14.5. The number of hydrogen-bond acceptors (Lipinski definition) is 29. The van der Waals surface area contributed by atoms with Crippen molar-refractivity contribution < 1.29 is 136 Å². The van der Waals surface area contributed by atoms with E-state index in [1.165, 1.54) is 41.7 Å². The van der Waals surface area contributed by atoms with Gasteiger partial charge in [0.25, 0.3) is 35.2 Å². The molecule has 15 atom stereocenters. The molecular weight excluding hydrogens is 1730 g/mol. The number of amides is 9. The van der Waals surface area contributed by atoms with E-state index in [0.29, 0.717) is 80.9 Å². The average molecular weight is 1850 g/mol. The van der Waals surface area contributed by atoms with Crippen LogP contribution in [0.1, 0.15) is 107 Å². The highest BCUT2D eigenvalue weighted by molar-refractivity contribution is 8.00. The standard InChI is InChI=1S/C88H119N9O28S3/c1-55(98)94-74-66(100)50-87(84(111)112,124-78(74)76(105)68(102)52-92-80(107)61-23-19-59(20-24-61)57-13-5-3-6-14-57)122-32-11-45-126-47-30-90-82(109)63-27-28-64(70(49-63)121-44-43-120-42-41-119-40-39-118-38-37-117-36-35-116-34-29-89-72(104)18-10-9-17-71-73-65(54-128-71)96-86(115)97-73)83(110)91-31-48-127-46-12-33-123-88(85(113)114)51-67(101)75(95-56(2)99)79(125-88)77(106)69(103)53-93-81(108)62-25-21-60(22-26-62)58-15-7-4-8-16-58/h3-8,13-16,19-28,49,65-69,71,73-79,100-103,105-106H,9-12,17-18,29-48,50-54H2,1-2H3,(H,89,104)(H,90,109)(H,91,110)(H,92,107)(H,93,108)(H,94,98)(H,95,99)(H,111,112)(H,113,114)(H2,96,97,115)/t65?,66?,67?,68-,69?,71?,73?,74?,75?,76-,77-,78?,79?,87?,88?/m1/s1. The highest BCUT2D eigenvalue weighted by atomic mass is 32.2. The van der Waals surface area contributed by atoms with Gasteiger partial charge in [0, 0.05) is 105 Å². The molecule has 0 aromatic heterocycles. The van der Waals surface area contributed by atoms with Gasteiger partial charge in [-0.25, -0.2) is 14.4 Å². The number of hydrogen-bond donors (Lipinski definition) is 17. The Morgan fingerprint density at radius 2 is 0.914 bits per heavy atom. The minimum absolute atomic E-state index is 0.0253. The van der Waals surface area contributed by atoms with Gasteiger partial charge in [0.2, 0.25) is 17.7 Å². The lowest BCUT2D eigenvalue weighted by atomic mass is 9.88. The zero-order chi connectivity index (χ0) is 91.8. The van der Waals surface area contributed by atoms with E-state index in [1.807, 2.05) is 72.4 Å². The Kier molecular flexibility index (Phi) is 43.2. The van der Waals surface area contributed by atoms with Crippen LogP contribution in [0.4, 0.5) is 4.79 Å². The van der Waals surface area contributed by atoms with Gasteiger partial charge in [0.1, 0.15) is 36.8 Å². The number of nitrogens with one attached hydrogen (secondary N) is 9. The molecule has 5 aromatic rings. The van der Waals surface area contributed by atoms with Crippen molar-refractivity contribution in [3.8, 4) is 28.0 Å². The summed E-state index contributed by atoms with van der Waals surface area (Å²) in [6.45, 7) is 4.14. The fourth-order valence-corrected chi connectivity index (χ4v) is 17.6. The number of unbranched alkanes of at least 4 members (excludes halogenated alkanes) is 1. The van der Waals surface area contributed by atoms with Crippen LogP contribution >= 0.6 is 35.3 Å². The number of aliphatic hydroxyl groups is 6. The summed E-state index contributed by atoms with van der Waals surface area (Å²) in [5, 5.41) is 114. The second-order valence-corrected chi connectivity index (χ2v) is 34.4. The van der Waals surface area contributed by atoms with Crippen molar-refractivity contribution in [1.29, 1.82) is 0 Å². The summed E-state index contributed by atoms with van der Waals surface area (Å²) in [6, 6.07) is 34.0. The van der Waals surface area contributed by atoms with E-state index in [4.69, 9.17) is 47.4 Å². The Morgan fingerprint density at radius 1 is 0.484 bits per heavy atom. The maximum absolute atomic E-state index is 13.9. The Morgan fingerprint density at radius 3 is 1.38 bits per heavy atom. The molecule has 9 amide bonds. The topological polar surface area (TPSA) is 533 Å². The number of carboxylic acids is 2. The van der Waals surface area contributed by atoms with Crippen LogP contribution in [0, 0.1) is 0 Å². The normalized spacial score (nSPS) is 22.1. The molecule has 0 radical (unpaired) electrons. The van der Waals surface area contributed by atoms with Gasteiger partial charge < -0.3 is 136 Å². The van der Waals surface area contributed by atoms with Crippen LogP contribution < -0.4 is 52.6 Å². The summed E-state index contributed by atoms with van der Waals surface area (Å²) in [7, 11) is 0. The Bertz CT molecular complexity index is 4330. The van der Waals surface area contributed by atoms with Crippen LogP contribution in [0.3, 0.4) is 0 Å². The van der Waals surface area contributed by atoms with E-state index in [1.54, 1.807) is 48.5 Å². The first kappa shape index (κ1) is 103. The molecule has 0 aliphatic carbocycles. The number of carboxylic acid groups (broad SMARTS) is 2. The lowest BCUT2D eigenvalue weighted by molar-refractivity contribution is -0.310. The lowest BCUT2D eigenvalue weighted by Gasteiger charge is -2.46. The number of fused-ring (bicyclic) bond motifs is 1. The Labute approximate surface area is 754 Å². The molecule has 4 aliphatic rings. The molecule has 702 valence electrons. The number of ether oxygens (including phenoxy) is 10. The molecule has 0 saturated carbocycles. The monoisotopic (exact) mass is 1850 g/mol. The molecule has 9 rings (SSSR count). The summed E-state index contributed by atoms with van der Waals surface area (Å²) in [4.78, 5) is 128. The quantitative estimate of drug-likeness (QED) is 0.0196. The first-order valence-electron chi connectivity index (χ1n) is 42.7. The third-order valence-electron chi connectivity index (χ3n) is 21.2.